The number of hydrogen-bond acceptors (Lipinski definition) is 7. The van der Waals surface area contributed by atoms with E-state index in [4.69, 9.17) is 4.42 Å². The molecule has 36 heavy (non-hydrogen) atoms. The topological polar surface area (TPSA) is 121 Å². The smallest absolute Gasteiger partial charge is 0.349 e. The Kier molecular flexibility index (Phi) is 4.88. The molecule has 0 unspecified atom stereocenters. The van der Waals surface area contributed by atoms with Crippen LogP contribution in [0.25, 0.3) is 33.5 Å². The number of fused-ring (bicyclic) bond motifs is 2. The highest BCUT2D eigenvalue weighted by atomic mass is 19.1. The summed E-state index contributed by atoms with van der Waals surface area (Å²) in [5.74, 6) is -0.358. The van der Waals surface area contributed by atoms with Gasteiger partial charge in [0.2, 0.25) is 0 Å². The summed E-state index contributed by atoms with van der Waals surface area (Å²) in [5, 5.41) is 12.7. The predicted molar refractivity (Wildman–Crippen MR) is 129 cm³/mol. The van der Waals surface area contributed by atoms with Crippen LogP contribution in [0, 0.1) is 12.7 Å². The molecule has 0 aliphatic heterocycles. The summed E-state index contributed by atoms with van der Waals surface area (Å²) >= 11 is 0. The van der Waals surface area contributed by atoms with Crippen LogP contribution in [0.1, 0.15) is 16.1 Å². The van der Waals surface area contributed by atoms with Crippen LogP contribution in [0.3, 0.4) is 0 Å². The second-order valence-corrected chi connectivity index (χ2v) is 7.99. The molecule has 0 radical (unpaired) electrons. The molecular weight excluding hydrogens is 465 g/mol. The molecule has 10 nitrogen and oxygen atoms in total. The zero-order chi connectivity index (χ0) is 24.8. The van der Waals surface area contributed by atoms with Crippen LogP contribution in [-0.2, 0) is 0 Å². The van der Waals surface area contributed by atoms with E-state index in [9.17, 15) is 14.0 Å². The first-order valence-corrected chi connectivity index (χ1v) is 10.8. The van der Waals surface area contributed by atoms with Crippen molar-refractivity contribution in [2.24, 2.45) is 0 Å². The van der Waals surface area contributed by atoms with Gasteiger partial charge in [0.25, 0.3) is 5.91 Å². The van der Waals surface area contributed by atoms with Crippen molar-refractivity contribution in [1.29, 1.82) is 0 Å². The maximum absolute atomic E-state index is 13.4. The molecule has 0 fully saturated rings. The van der Waals surface area contributed by atoms with Crippen LogP contribution in [0.5, 0.6) is 0 Å². The molecule has 0 aliphatic rings. The van der Waals surface area contributed by atoms with Gasteiger partial charge in [0.15, 0.2) is 11.5 Å². The summed E-state index contributed by atoms with van der Waals surface area (Å²) in [6.45, 7) is 1.76. The molecule has 0 bridgehead atoms. The lowest BCUT2D eigenvalue weighted by molar-refractivity contribution is 0.102. The highest BCUT2D eigenvalue weighted by Gasteiger charge is 2.20. The number of nitrogens with zero attached hydrogens (tertiary/aromatic N) is 6. The molecule has 0 atom stereocenters. The number of nitrogens with one attached hydrogen (secondary N) is 1. The Morgan fingerprint density at radius 3 is 2.67 bits per heavy atom. The molecule has 6 aromatic rings. The minimum absolute atomic E-state index is 0.143. The van der Waals surface area contributed by atoms with E-state index in [0.717, 1.165) is 0 Å². The van der Waals surface area contributed by atoms with Crippen molar-refractivity contribution in [2.45, 2.75) is 6.92 Å². The van der Waals surface area contributed by atoms with Crippen LogP contribution in [-0.4, -0.2) is 35.4 Å². The van der Waals surface area contributed by atoms with Gasteiger partial charge >= 0.3 is 5.63 Å². The zero-order valence-electron chi connectivity index (χ0n) is 18.7. The molecular formula is C25H16FN7O3. The molecule has 4 heterocycles. The molecule has 1 amide bonds. The van der Waals surface area contributed by atoms with Crippen molar-refractivity contribution in [3.63, 3.8) is 0 Å². The fraction of sp³-hybridized carbons (Fsp3) is 0.0400. The van der Waals surface area contributed by atoms with Crippen molar-refractivity contribution in [2.75, 3.05) is 5.32 Å². The summed E-state index contributed by atoms with van der Waals surface area (Å²) in [5.41, 5.74) is 1.18. The third kappa shape index (κ3) is 3.59. The number of carbonyl (C=O) groups excluding carboxylic acids is 1. The number of benzene rings is 2. The van der Waals surface area contributed by atoms with Crippen molar-refractivity contribution in [3.05, 3.63) is 101 Å². The van der Waals surface area contributed by atoms with Gasteiger partial charge in [-0.25, -0.2) is 23.8 Å². The van der Waals surface area contributed by atoms with Crippen molar-refractivity contribution in [1.82, 2.24) is 29.5 Å². The monoisotopic (exact) mass is 481 g/mol. The number of amides is 1. The van der Waals surface area contributed by atoms with Crippen LogP contribution in [0.2, 0.25) is 0 Å². The zero-order valence-corrected chi connectivity index (χ0v) is 18.7. The van der Waals surface area contributed by atoms with Gasteiger partial charge in [-0.1, -0.05) is 18.2 Å². The largest absolute Gasteiger partial charge is 0.422 e. The predicted octanol–water partition coefficient (Wildman–Crippen LogP) is 3.81. The van der Waals surface area contributed by atoms with Crippen LogP contribution >= 0.6 is 0 Å². The number of carbonyl (C=O) groups is 1. The Morgan fingerprint density at radius 2 is 1.83 bits per heavy atom. The van der Waals surface area contributed by atoms with Gasteiger partial charge in [0.05, 0.1) is 23.0 Å². The van der Waals surface area contributed by atoms with Gasteiger partial charge < -0.3 is 9.73 Å². The quantitative estimate of drug-likeness (QED) is 0.380. The first kappa shape index (κ1) is 21.4. The highest BCUT2D eigenvalue weighted by molar-refractivity contribution is 6.05. The Morgan fingerprint density at radius 1 is 1.03 bits per heavy atom. The molecule has 176 valence electrons. The molecule has 1 N–H and O–H groups in total. The molecule has 0 saturated heterocycles. The number of hydrogen-bond donors (Lipinski definition) is 1. The highest BCUT2D eigenvalue weighted by Crippen LogP contribution is 2.24. The number of halogens is 1. The Balaban J connectivity index is 1.41. The minimum Gasteiger partial charge on any atom is -0.422 e. The molecule has 0 saturated carbocycles. The Hall–Kier alpha value is -5.19. The first-order chi connectivity index (χ1) is 17.5. The maximum Gasteiger partial charge on any atom is 0.349 e. The molecule has 6 rings (SSSR count). The molecule has 0 aliphatic carbocycles. The number of aromatic nitrogens is 6. The van der Waals surface area contributed by atoms with Gasteiger partial charge in [0, 0.05) is 11.5 Å². The second kappa shape index (κ2) is 8.24. The third-order valence-electron chi connectivity index (χ3n) is 5.58. The second-order valence-electron chi connectivity index (χ2n) is 7.99. The molecule has 0 spiro atoms. The van der Waals surface area contributed by atoms with Gasteiger partial charge in [-0.05, 0) is 43.3 Å². The summed E-state index contributed by atoms with van der Waals surface area (Å²) in [6.07, 6.45) is 2.91. The van der Waals surface area contributed by atoms with Crippen LogP contribution in [0.15, 0.2) is 82.4 Å². The number of aryl methyl sites for hydroxylation is 1. The first-order valence-electron chi connectivity index (χ1n) is 10.8. The fourth-order valence-electron chi connectivity index (χ4n) is 3.93. The standard InChI is InChI=1S/C25H16FN7O3/c1-14-10-21(30-24(34)18-11-15-4-2-3-5-20(15)36-25(18)35)33(31-14)23-19-12-29-32(22(19)27-13-28-23)17-8-6-16(26)7-9-17/h2-13H,1H3,(H,30,34). The molecule has 2 aromatic carbocycles. The summed E-state index contributed by atoms with van der Waals surface area (Å²) in [7, 11) is 0. The van der Waals surface area contributed by atoms with Gasteiger partial charge in [-0.3, -0.25) is 4.79 Å². The van der Waals surface area contributed by atoms with Gasteiger partial charge in [-0.15, -0.1) is 0 Å². The van der Waals surface area contributed by atoms with E-state index in [-0.39, 0.29) is 11.4 Å². The molecule has 4 aromatic heterocycles. The number of para-hydroxylation sites is 1. The fourth-order valence-corrected chi connectivity index (χ4v) is 3.93. The van der Waals surface area contributed by atoms with E-state index in [2.05, 4.69) is 25.5 Å². The normalized spacial score (nSPS) is 11.3. The van der Waals surface area contributed by atoms with Crippen molar-refractivity contribution in [3.8, 4) is 11.5 Å². The summed E-state index contributed by atoms with van der Waals surface area (Å²) in [4.78, 5) is 34.2. The summed E-state index contributed by atoms with van der Waals surface area (Å²) in [6, 6.07) is 15.9. The van der Waals surface area contributed by atoms with Crippen LogP contribution in [0.4, 0.5) is 10.2 Å². The average Bonchev–Trinajstić information content (AvgIpc) is 3.47. The number of rotatable bonds is 4. The van der Waals surface area contributed by atoms with Crippen LogP contribution < -0.4 is 10.9 Å². The van der Waals surface area contributed by atoms with E-state index < -0.39 is 11.5 Å². The lowest BCUT2D eigenvalue weighted by atomic mass is 10.2. The maximum atomic E-state index is 13.4. The average molecular weight is 481 g/mol. The van der Waals surface area contributed by atoms with E-state index in [1.165, 1.54) is 29.2 Å². The minimum atomic E-state index is -0.751. The van der Waals surface area contributed by atoms with Crippen molar-refractivity contribution < 1.29 is 13.6 Å². The summed E-state index contributed by atoms with van der Waals surface area (Å²) < 4.78 is 21.7. The molecule has 11 heteroatoms. The lowest BCUT2D eigenvalue weighted by Crippen LogP contribution is -2.22. The van der Waals surface area contributed by atoms with E-state index in [1.807, 2.05) is 0 Å². The van der Waals surface area contributed by atoms with E-state index in [1.54, 1.807) is 60.3 Å². The third-order valence-corrected chi connectivity index (χ3v) is 5.58. The van der Waals surface area contributed by atoms with E-state index >= 15 is 0 Å². The lowest BCUT2D eigenvalue weighted by Gasteiger charge is -2.09. The number of anilines is 1. The van der Waals surface area contributed by atoms with Gasteiger partial charge in [0.1, 0.15) is 29.1 Å². The Labute approximate surface area is 201 Å². The van der Waals surface area contributed by atoms with Gasteiger partial charge in [-0.2, -0.15) is 14.9 Å². The van der Waals surface area contributed by atoms with Crippen molar-refractivity contribution >= 4 is 33.7 Å². The van der Waals surface area contributed by atoms with E-state index in [0.29, 0.717) is 45.0 Å². The SMILES string of the molecule is Cc1cc(NC(=O)c2cc3ccccc3oc2=O)n(-c2ncnc3c2cnn3-c2ccc(F)cc2)n1. The Bertz CT molecular complexity index is 1840.